The van der Waals surface area contributed by atoms with Gasteiger partial charge in [-0.15, -0.1) is 0 Å². The number of benzene rings is 1. The van der Waals surface area contributed by atoms with E-state index < -0.39 is 5.97 Å². The van der Waals surface area contributed by atoms with Gasteiger partial charge >= 0.3 is 5.97 Å². The number of hydrogen-bond acceptors (Lipinski definition) is 2. The van der Waals surface area contributed by atoms with E-state index in [0.717, 1.165) is 12.8 Å². The Morgan fingerprint density at radius 2 is 1.45 bits per heavy atom. The van der Waals surface area contributed by atoms with Crippen LogP contribution in [0.2, 0.25) is 0 Å². The van der Waals surface area contributed by atoms with Crippen LogP contribution in [0, 0.1) is 0 Å². The highest BCUT2D eigenvalue weighted by Gasteiger charge is 2.09. The maximum atomic E-state index is 11.0. The van der Waals surface area contributed by atoms with Crippen LogP contribution in [0.5, 0.6) is 5.75 Å². The number of carbonyl (C=O) groups is 1. The van der Waals surface area contributed by atoms with E-state index in [1.165, 1.54) is 51.4 Å². The third-order valence-corrected chi connectivity index (χ3v) is 3.87. The topological polar surface area (TPSA) is 46.5 Å². The first-order chi connectivity index (χ1) is 10.8. The summed E-state index contributed by atoms with van der Waals surface area (Å²) in [4.78, 5) is 11.0. The van der Waals surface area contributed by atoms with Gasteiger partial charge in [-0.1, -0.05) is 76.8 Å². The van der Waals surface area contributed by atoms with Gasteiger partial charge in [0.15, 0.2) is 0 Å². The number of ether oxygens (including phenoxy) is 1. The Morgan fingerprint density at radius 1 is 0.909 bits per heavy atom. The summed E-state index contributed by atoms with van der Waals surface area (Å²) in [5, 5.41) is 9.06. The molecule has 0 unspecified atom stereocenters. The van der Waals surface area contributed by atoms with Crippen LogP contribution >= 0.6 is 0 Å². The predicted molar refractivity (Wildman–Crippen MR) is 90.7 cm³/mol. The Hall–Kier alpha value is -1.51. The van der Waals surface area contributed by atoms with Gasteiger partial charge in [0, 0.05) is 0 Å². The zero-order chi connectivity index (χ0) is 16.0. The number of carboxylic acid groups (broad SMARTS) is 1. The van der Waals surface area contributed by atoms with Gasteiger partial charge in [-0.2, -0.15) is 0 Å². The van der Waals surface area contributed by atoms with E-state index in [4.69, 9.17) is 9.84 Å². The highest BCUT2D eigenvalue weighted by Crippen LogP contribution is 2.18. The molecular formula is C19H30O3. The summed E-state index contributed by atoms with van der Waals surface area (Å²) in [7, 11) is 0. The van der Waals surface area contributed by atoms with Crippen LogP contribution in [-0.2, 0) is 0 Å². The smallest absolute Gasteiger partial charge is 0.339 e. The Kier molecular flexibility index (Phi) is 10.2. The predicted octanol–water partition coefficient (Wildman–Crippen LogP) is 5.68. The van der Waals surface area contributed by atoms with Crippen LogP contribution in [0.1, 0.15) is 81.5 Å². The lowest BCUT2D eigenvalue weighted by Gasteiger charge is -2.08. The first kappa shape index (κ1) is 18.5. The van der Waals surface area contributed by atoms with Crippen molar-refractivity contribution in [2.45, 2.75) is 71.1 Å². The van der Waals surface area contributed by atoms with Gasteiger partial charge in [0.1, 0.15) is 11.3 Å². The fraction of sp³-hybridized carbons (Fsp3) is 0.632. The van der Waals surface area contributed by atoms with Gasteiger partial charge in [-0.25, -0.2) is 4.79 Å². The molecule has 0 aliphatic heterocycles. The summed E-state index contributed by atoms with van der Waals surface area (Å²) in [5.74, 6) is -0.454. The molecule has 124 valence electrons. The third kappa shape index (κ3) is 8.06. The average molecular weight is 306 g/mol. The Bertz CT molecular complexity index is 415. The fourth-order valence-electron chi connectivity index (χ4n) is 2.54. The van der Waals surface area contributed by atoms with E-state index in [9.17, 15) is 4.79 Å². The Morgan fingerprint density at radius 3 is 2.05 bits per heavy atom. The minimum atomic E-state index is -0.932. The Balaban J connectivity index is 2.01. The summed E-state index contributed by atoms with van der Waals surface area (Å²) >= 11 is 0. The van der Waals surface area contributed by atoms with Crippen molar-refractivity contribution in [2.75, 3.05) is 6.61 Å². The zero-order valence-corrected chi connectivity index (χ0v) is 13.9. The molecule has 0 bridgehead atoms. The molecule has 1 N–H and O–H groups in total. The van der Waals surface area contributed by atoms with E-state index in [1.54, 1.807) is 24.3 Å². The second-order valence-corrected chi connectivity index (χ2v) is 5.83. The van der Waals surface area contributed by atoms with Crippen molar-refractivity contribution in [3.05, 3.63) is 29.8 Å². The molecule has 1 aromatic carbocycles. The summed E-state index contributed by atoms with van der Waals surface area (Å²) in [6.45, 7) is 2.84. The van der Waals surface area contributed by atoms with E-state index in [0.29, 0.717) is 12.4 Å². The van der Waals surface area contributed by atoms with Crippen molar-refractivity contribution in [3.63, 3.8) is 0 Å². The van der Waals surface area contributed by atoms with Gasteiger partial charge in [0.05, 0.1) is 6.61 Å². The quantitative estimate of drug-likeness (QED) is 0.476. The minimum Gasteiger partial charge on any atom is -0.493 e. The van der Waals surface area contributed by atoms with Gasteiger partial charge in [0.2, 0.25) is 0 Å². The van der Waals surface area contributed by atoms with E-state index in [-0.39, 0.29) is 5.56 Å². The van der Waals surface area contributed by atoms with E-state index in [2.05, 4.69) is 6.92 Å². The number of unbranched alkanes of at least 4 members (excludes halogenated alkanes) is 9. The maximum absolute atomic E-state index is 11.0. The largest absolute Gasteiger partial charge is 0.493 e. The standard InChI is InChI=1S/C19H30O3/c1-2-3-4-5-6-7-8-9-10-13-16-22-18-15-12-11-14-17(18)19(20)21/h11-12,14-15H,2-10,13,16H2,1H3,(H,20,21). The second kappa shape index (κ2) is 12.1. The SMILES string of the molecule is CCCCCCCCCCCCOc1ccccc1C(=O)O. The fourth-order valence-corrected chi connectivity index (χ4v) is 2.54. The van der Waals surface area contributed by atoms with Crippen molar-refractivity contribution in [1.82, 2.24) is 0 Å². The number of para-hydroxylation sites is 1. The molecule has 0 aliphatic rings. The first-order valence-corrected chi connectivity index (χ1v) is 8.70. The summed E-state index contributed by atoms with van der Waals surface area (Å²) in [5.41, 5.74) is 0.245. The van der Waals surface area contributed by atoms with Crippen LogP contribution in [-0.4, -0.2) is 17.7 Å². The summed E-state index contributed by atoms with van der Waals surface area (Å²) in [6.07, 6.45) is 12.8. The van der Waals surface area contributed by atoms with Crippen LogP contribution in [0.3, 0.4) is 0 Å². The highest BCUT2D eigenvalue weighted by molar-refractivity contribution is 5.90. The molecule has 0 aromatic heterocycles. The lowest BCUT2D eigenvalue weighted by molar-refractivity contribution is 0.0692. The zero-order valence-electron chi connectivity index (χ0n) is 13.9. The average Bonchev–Trinajstić information content (AvgIpc) is 2.53. The van der Waals surface area contributed by atoms with Crippen LogP contribution in [0.15, 0.2) is 24.3 Å². The van der Waals surface area contributed by atoms with E-state index >= 15 is 0 Å². The van der Waals surface area contributed by atoms with Crippen molar-refractivity contribution < 1.29 is 14.6 Å². The molecule has 0 amide bonds. The molecule has 0 radical (unpaired) electrons. The lowest BCUT2D eigenvalue weighted by atomic mass is 10.1. The van der Waals surface area contributed by atoms with Crippen molar-refractivity contribution in [2.24, 2.45) is 0 Å². The maximum Gasteiger partial charge on any atom is 0.339 e. The molecule has 3 nitrogen and oxygen atoms in total. The molecule has 3 heteroatoms. The molecule has 0 heterocycles. The monoisotopic (exact) mass is 306 g/mol. The third-order valence-electron chi connectivity index (χ3n) is 3.87. The van der Waals surface area contributed by atoms with E-state index in [1.807, 2.05) is 0 Å². The van der Waals surface area contributed by atoms with Crippen molar-refractivity contribution in [1.29, 1.82) is 0 Å². The summed E-state index contributed by atoms with van der Waals surface area (Å²) < 4.78 is 5.59. The molecule has 0 saturated carbocycles. The number of carboxylic acids is 1. The molecule has 0 atom stereocenters. The van der Waals surface area contributed by atoms with Crippen molar-refractivity contribution in [3.8, 4) is 5.75 Å². The lowest BCUT2D eigenvalue weighted by Crippen LogP contribution is -2.04. The number of aromatic carboxylic acids is 1. The molecular weight excluding hydrogens is 276 g/mol. The minimum absolute atomic E-state index is 0.245. The first-order valence-electron chi connectivity index (χ1n) is 8.70. The van der Waals surface area contributed by atoms with Gasteiger partial charge in [-0.05, 0) is 18.6 Å². The second-order valence-electron chi connectivity index (χ2n) is 5.83. The Labute approximate surface area is 134 Å². The highest BCUT2D eigenvalue weighted by atomic mass is 16.5. The van der Waals surface area contributed by atoms with Crippen LogP contribution in [0.25, 0.3) is 0 Å². The van der Waals surface area contributed by atoms with Gasteiger partial charge in [0.25, 0.3) is 0 Å². The van der Waals surface area contributed by atoms with Crippen LogP contribution < -0.4 is 4.74 Å². The molecule has 0 saturated heterocycles. The normalized spacial score (nSPS) is 10.6. The summed E-state index contributed by atoms with van der Waals surface area (Å²) in [6, 6.07) is 6.83. The molecule has 0 fully saturated rings. The van der Waals surface area contributed by atoms with Crippen molar-refractivity contribution >= 4 is 5.97 Å². The molecule has 0 spiro atoms. The van der Waals surface area contributed by atoms with Gasteiger partial charge < -0.3 is 9.84 Å². The number of rotatable bonds is 13. The van der Waals surface area contributed by atoms with Gasteiger partial charge in [-0.3, -0.25) is 0 Å². The van der Waals surface area contributed by atoms with Crippen LogP contribution in [0.4, 0.5) is 0 Å². The number of hydrogen-bond donors (Lipinski definition) is 1. The molecule has 1 aromatic rings. The molecule has 0 aliphatic carbocycles. The molecule has 1 rings (SSSR count). The molecule has 22 heavy (non-hydrogen) atoms.